The number of H-pyrrole nitrogens is 2. The van der Waals surface area contributed by atoms with Crippen LogP contribution in [0.1, 0.15) is 10.5 Å². The Bertz CT molecular complexity index is 718. The molecule has 0 bridgehead atoms. The highest BCUT2D eigenvalue weighted by atomic mass is 16.6. The van der Waals surface area contributed by atoms with Crippen molar-refractivity contribution in [2.45, 2.75) is 0 Å². The topological polar surface area (TPSA) is 130 Å². The van der Waals surface area contributed by atoms with Crippen LogP contribution in [0.4, 0.5) is 11.4 Å². The zero-order valence-electron chi connectivity index (χ0n) is 10.3. The second-order valence-corrected chi connectivity index (χ2v) is 3.77. The van der Waals surface area contributed by atoms with Crippen LogP contribution < -0.4 is 15.6 Å². The minimum absolute atomic E-state index is 0.00330. The predicted molar refractivity (Wildman–Crippen MR) is 69.0 cm³/mol. The number of anilines is 1. The molecule has 2 rings (SSSR count). The number of hydrogen-bond acceptors (Lipinski definition) is 5. The number of carbonyl (C=O) groups excluding carboxylic acids is 1. The first-order chi connectivity index (χ1) is 9.51. The van der Waals surface area contributed by atoms with Crippen LogP contribution in [0.5, 0.6) is 5.75 Å². The number of non-ortho nitro benzene ring substituents is 1. The lowest BCUT2D eigenvalue weighted by Crippen LogP contribution is -2.13. The Morgan fingerprint density at radius 2 is 2.10 bits per heavy atom. The molecule has 0 spiro atoms. The SMILES string of the molecule is COc1ccc([N+](=O)[O-])cc1NC(=O)c1cc(=O)[nH][nH]1. The molecule has 104 valence electrons. The molecule has 1 amide bonds. The fraction of sp³-hybridized carbons (Fsp3) is 0.0909. The number of rotatable bonds is 4. The number of amides is 1. The Balaban J connectivity index is 2.31. The van der Waals surface area contributed by atoms with Crippen molar-refractivity contribution >= 4 is 17.3 Å². The molecule has 0 aliphatic rings. The standard InChI is InChI=1S/C11H10N4O5/c1-20-9-3-2-6(15(18)19)4-7(9)12-11(17)8-5-10(16)14-13-8/h2-5H,1H3,(H,12,17)(H2,13,14,16). The summed E-state index contributed by atoms with van der Waals surface area (Å²) in [6, 6.07) is 4.86. The Kier molecular flexibility index (Phi) is 3.51. The predicted octanol–water partition coefficient (Wildman–Crippen LogP) is 0.872. The molecule has 3 N–H and O–H groups in total. The highest BCUT2D eigenvalue weighted by Gasteiger charge is 2.15. The van der Waals surface area contributed by atoms with Gasteiger partial charge in [0.25, 0.3) is 17.2 Å². The van der Waals surface area contributed by atoms with Crippen molar-refractivity contribution in [3.63, 3.8) is 0 Å². The van der Waals surface area contributed by atoms with E-state index < -0.39 is 16.4 Å². The van der Waals surface area contributed by atoms with E-state index in [1.54, 1.807) is 0 Å². The van der Waals surface area contributed by atoms with E-state index in [0.29, 0.717) is 0 Å². The number of aromatic nitrogens is 2. The van der Waals surface area contributed by atoms with Crippen molar-refractivity contribution in [3.8, 4) is 5.75 Å². The van der Waals surface area contributed by atoms with Crippen LogP contribution in [-0.2, 0) is 0 Å². The number of nitrogens with one attached hydrogen (secondary N) is 3. The lowest BCUT2D eigenvalue weighted by Gasteiger charge is -2.08. The van der Waals surface area contributed by atoms with E-state index in [4.69, 9.17) is 4.74 Å². The van der Waals surface area contributed by atoms with Crippen LogP contribution in [0.3, 0.4) is 0 Å². The zero-order chi connectivity index (χ0) is 14.7. The Morgan fingerprint density at radius 3 is 2.65 bits per heavy atom. The van der Waals surface area contributed by atoms with Gasteiger partial charge in [0.1, 0.15) is 11.4 Å². The first-order valence-corrected chi connectivity index (χ1v) is 5.42. The monoisotopic (exact) mass is 278 g/mol. The number of ether oxygens (including phenoxy) is 1. The van der Waals surface area contributed by atoms with Gasteiger partial charge in [-0.15, -0.1) is 0 Å². The maximum absolute atomic E-state index is 11.9. The lowest BCUT2D eigenvalue weighted by molar-refractivity contribution is -0.384. The molecule has 9 heteroatoms. The third-order valence-electron chi connectivity index (χ3n) is 2.48. The number of nitro benzene ring substituents is 1. The summed E-state index contributed by atoms with van der Waals surface area (Å²) in [5.41, 5.74) is -0.512. The van der Waals surface area contributed by atoms with Gasteiger partial charge >= 0.3 is 0 Å². The molecule has 9 nitrogen and oxygen atoms in total. The number of methoxy groups -OCH3 is 1. The summed E-state index contributed by atoms with van der Waals surface area (Å²) in [4.78, 5) is 32.9. The minimum atomic E-state index is -0.623. The average molecular weight is 278 g/mol. The summed E-state index contributed by atoms with van der Waals surface area (Å²) in [6.07, 6.45) is 0. The summed E-state index contributed by atoms with van der Waals surface area (Å²) in [5, 5.41) is 17.7. The van der Waals surface area contributed by atoms with E-state index in [1.807, 2.05) is 0 Å². The van der Waals surface area contributed by atoms with Gasteiger partial charge in [-0.1, -0.05) is 0 Å². The first-order valence-electron chi connectivity index (χ1n) is 5.42. The van der Waals surface area contributed by atoms with Crippen molar-refractivity contribution in [1.29, 1.82) is 0 Å². The van der Waals surface area contributed by atoms with Gasteiger partial charge in [-0.05, 0) is 6.07 Å². The van der Waals surface area contributed by atoms with E-state index in [-0.39, 0.29) is 22.8 Å². The van der Waals surface area contributed by atoms with E-state index >= 15 is 0 Å². The second-order valence-electron chi connectivity index (χ2n) is 3.77. The Morgan fingerprint density at radius 1 is 1.35 bits per heavy atom. The molecule has 1 aromatic carbocycles. The van der Waals surface area contributed by atoms with Crippen molar-refractivity contribution < 1.29 is 14.5 Å². The molecule has 0 saturated carbocycles. The smallest absolute Gasteiger partial charge is 0.273 e. The maximum atomic E-state index is 11.9. The van der Waals surface area contributed by atoms with Gasteiger partial charge in [-0.25, -0.2) is 0 Å². The minimum Gasteiger partial charge on any atom is -0.495 e. The third kappa shape index (κ3) is 2.66. The van der Waals surface area contributed by atoms with Gasteiger partial charge in [-0.3, -0.25) is 29.9 Å². The summed E-state index contributed by atoms with van der Waals surface area (Å²) in [6.45, 7) is 0. The van der Waals surface area contributed by atoms with Gasteiger partial charge in [0, 0.05) is 18.2 Å². The summed E-state index contributed by atoms with van der Waals surface area (Å²) >= 11 is 0. The Hall–Kier alpha value is -3.10. The summed E-state index contributed by atoms with van der Waals surface area (Å²) in [7, 11) is 1.37. The van der Waals surface area contributed by atoms with Crippen LogP contribution in [-0.4, -0.2) is 28.1 Å². The zero-order valence-corrected chi connectivity index (χ0v) is 10.3. The number of nitrogens with zero attached hydrogens (tertiary/aromatic N) is 1. The van der Waals surface area contributed by atoms with Crippen LogP contribution in [0.15, 0.2) is 29.1 Å². The van der Waals surface area contributed by atoms with Crippen molar-refractivity contribution in [2.24, 2.45) is 0 Å². The highest BCUT2D eigenvalue weighted by Crippen LogP contribution is 2.29. The molecule has 1 aromatic heterocycles. The van der Waals surface area contributed by atoms with Gasteiger partial charge in [0.05, 0.1) is 17.7 Å². The molecular weight excluding hydrogens is 268 g/mol. The van der Waals surface area contributed by atoms with E-state index in [1.165, 1.54) is 25.3 Å². The normalized spacial score (nSPS) is 10.1. The summed E-state index contributed by atoms with van der Waals surface area (Å²) < 4.78 is 5.00. The molecule has 0 fully saturated rings. The molecule has 2 aromatic rings. The molecule has 0 aliphatic carbocycles. The largest absolute Gasteiger partial charge is 0.495 e. The fourth-order valence-corrected chi connectivity index (χ4v) is 1.55. The van der Waals surface area contributed by atoms with Crippen molar-refractivity contribution in [2.75, 3.05) is 12.4 Å². The van der Waals surface area contributed by atoms with Crippen LogP contribution in [0.25, 0.3) is 0 Å². The average Bonchev–Trinajstić information content (AvgIpc) is 2.85. The highest BCUT2D eigenvalue weighted by molar-refractivity contribution is 6.03. The van der Waals surface area contributed by atoms with E-state index in [9.17, 15) is 19.7 Å². The molecule has 0 saturated heterocycles. The molecule has 1 heterocycles. The molecule has 0 aliphatic heterocycles. The number of benzene rings is 1. The summed E-state index contributed by atoms with van der Waals surface area (Å²) in [5.74, 6) is -0.357. The number of carbonyl (C=O) groups is 1. The molecule has 20 heavy (non-hydrogen) atoms. The van der Waals surface area contributed by atoms with Gasteiger partial charge in [0.2, 0.25) is 0 Å². The van der Waals surface area contributed by atoms with Crippen LogP contribution in [0, 0.1) is 10.1 Å². The maximum Gasteiger partial charge on any atom is 0.273 e. The number of hydrogen-bond donors (Lipinski definition) is 3. The van der Waals surface area contributed by atoms with E-state index in [0.717, 1.165) is 6.07 Å². The second kappa shape index (κ2) is 5.26. The van der Waals surface area contributed by atoms with Crippen LogP contribution >= 0.6 is 0 Å². The van der Waals surface area contributed by atoms with Gasteiger partial charge in [0.15, 0.2) is 0 Å². The molecular formula is C11H10N4O5. The lowest BCUT2D eigenvalue weighted by atomic mass is 10.2. The van der Waals surface area contributed by atoms with Gasteiger partial charge in [-0.2, -0.15) is 0 Å². The van der Waals surface area contributed by atoms with Crippen molar-refractivity contribution in [1.82, 2.24) is 10.2 Å². The van der Waals surface area contributed by atoms with Crippen molar-refractivity contribution in [3.05, 3.63) is 50.4 Å². The van der Waals surface area contributed by atoms with Crippen LogP contribution in [0.2, 0.25) is 0 Å². The number of aromatic amines is 2. The Labute approximate surface area is 111 Å². The molecule has 0 radical (unpaired) electrons. The molecule has 0 unspecified atom stereocenters. The fourth-order valence-electron chi connectivity index (χ4n) is 1.55. The number of nitro groups is 1. The quantitative estimate of drug-likeness (QED) is 0.564. The van der Waals surface area contributed by atoms with E-state index in [2.05, 4.69) is 15.5 Å². The van der Waals surface area contributed by atoms with Gasteiger partial charge < -0.3 is 10.1 Å². The third-order valence-corrected chi connectivity index (χ3v) is 2.48. The first kappa shape index (κ1) is 13.3. The molecule has 0 atom stereocenters.